The molecule has 0 aliphatic carbocycles. The third-order valence-electron chi connectivity index (χ3n) is 2.81. The second kappa shape index (κ2) is 4.61. The third kappa shape index (κ3) is 2.22. The van der Waals surface area contributed by atoms with Gasteiger partial charge >= 0.3 is 5.97 Å². The number of hydrogen-bond donors (Lipinski definition) is 1. The van der Waals surface area contributed by atoms with E-state index in [9.17, 15) is 4.79 Å². The zero-order valence-corrected chi connectivity index (χ0v) is 10.00. The van der Waals surface area contributed by atoms with Gasteiger partial charge in [-0.15, -0.1) is 0 Å². The number of hydrogen-bond acceptors (Lipinski definition) is 4. The summed E-state index contributed by atoms with van der Waals surface area (Å²) in [5, 5.41) is 8.94. The van der Waals surface area contributed by atoms with Gasteiger partial charge < -0.3 is 14.6 Å². The van der Waals surface area contributed by atoms with Crippen LogP contribution in [-0.4, -0.2) is 29.3 Å². The van der Waals surface area contributed by atoms with Crippen LogP contribution in [-0.2, 0) is 0 Å². The highest BCUT2D eigenvalue weighted by Gasteiger charge is 2.13. The molecular weight excluding hydrogens is 246 g/mol. The summed E-state index contributed by atoms with van der Waals surface area (Å²) in [7, 11) is 0. The summed E-state index contributed by atoms with van der Waals surface area (Å²) in [4.78, 5) is 15.0. The van der Waals surface area contributed by atoms with Crippen molar-refractivity contribution in [2.75, 3.05) is 13.2 Å². The van der Waals surface area contributed by atoms with Gasteiger partial charge in [-0.05, 0) is 30.3 Å². The van der Waals surface area contributed by atoms with Gasteiger partial charge in [0.2, 0.25) is 0 Å². The van der Waals surface area contributed by atoms with Crippen LogP contribution in [0, 0.1) is 0 Å². The van der Waals surface area contributed by atoms with Crippen LogP contribution in [0.2, 0.25) is 0 Å². The molecule has 1 aromatic heterocycles. The number of rotatable bonds is 2. The second-order valence-corrected chi connectivity index (χ2v) is 4.07. The fourth-order valence-electron chi connectivity index (χ4n) is 1.92. The molecular formula is C14H11NO4. The lowest BCUT2D eigenvalue weighted by molar-refractivity contribution is 0.0690. The Bertz CT molecular complexity index is 639. The number of fused-ring (bicyclic) bond motifs is 1. The van der Waals surface area contributed by atoms with Crippen LogP contribution in [0.4, 0.5) is 0 Å². The number of carboxylic acid groups (broad SMARTS) is 1. The van der Waals surface area contributed by atoms with Crippen LogP contribution in [0.1, 0.15) is 10.5 Å². The first-order valence-electron chi connectivity index (χ1n) is 5.84. The molecule has 0 fully saturated rings. The van der Waals surface area contributed by atoms with Crippen LogP contribution in [0.25, 0.3) is 11.3 Å². The molecule has 0 atom stereocenters. The quantitative estimate of drug-likeness (QED) is 0.893. The average molecular weight is 257 g/mol. The summed E-state index contributed by atoms with van der Waals surface area (Å²) in [5.41, 5.74) is 1.41. The van der Waals surface area contributed by atoms with Crippen molar-refractivity contribution in [2.45, 2.75) is 0 Å². The predicted molar refractivity (Wildman–Crippen MR) is 67.6 cm³/mol. The molecule has 0 unspecified atom stereocenters. The molecule has 0 saturated heterocycles. The van der Waals surface area contributed by atoms with E-state index in [4.69, 9.17) is 14.6 Å². The maximum atomic E-state index is 10.9. The Balaban J connectivity index is 2.02. The summed E-state index contributed by atoms with van der Waals surface area (Å²) in [6, 6.07) is 10.3. The lowest BCUT2D eigenvalue weighted by Gasteiger charge is -2.18. The second-order valence-electron chi connectivity index (χ2n) is 4.07. The average Bonchev–Trinajstić information content (AvgIpc) is 2.47. The van der Waals surface area contributed by atoms with Crippen molar-refractivity contribution in [3.05, 3.63) is 42.1 Å². The first kappa shape index (κ1) is 11.5. The Morgan fingerprint density at radius 1 is 1.11 bits per heavy atom. The fraction of sp³-hybridized carbons (Fsp3) is 0.143. The van der Waals surface area contributed by atoms with E-state index in [1.165, 1.54) is 6.07 Å². The minimum Gasteiger partial charge on any atom is -0.486 e. The summed E-state index contributed by atoms with van der Waals surface area (Å²) in [6.45, 7) is 1.05. The first-order chi connectivity index (χ1) is 9.24. The maximum absolute atomic E-state index is 10.9. The van der Waals surface area contributed by atoms with Crippen LogP contribution in [0.5, 0.6) is 11.5 Å². The Kier molecular flexibility index (Phi) is 2.79. The van der Waals surface area contributed by atoms with Gasteiger partial charge in [-0.3, -0.25) is 0 Å². The predicted octanol–water partition coefficient (Wildman–Crippen LogP) is 2.22. The van der Waals surface area contributed by atoms with Crippen LogP contribution in [0.3, 0.4) is 0 Å². The van der Waals surface area contributed by atoms with Gasteiger partial charge in [-0.2, -0.15) is 0 Å². The molecule has 0 spiro atoms. The molecule has 0 amide bonds. The number of pyridine rings is 1. The van der Waals surface area contributed by atoms with Gasteiger partial charge in [0.25, 0.3) is 0 Å². The lowest BCUT2D eigenvalue weighted by Crippen LogP contribution is -2.15. The molecule has 2 heterocycles. The molecule has 1 aliphatic rings. The van der Waals surface area contributed by atoms with Crippen molar-refractivity contribution >= 4 is 5.97 Å². The SMILES string of the molecule is O=C(O)c1cccc(-c2ccc3c(c2)OCCO3)n1. The highest BCUT2D eigenvalue weighted by molar-refractivity contribution is 5.86. The first-order valence-corrected chi connectivity index (χ1v) is 5.84. The maximum Gasteiger partial charge on any atom is 0.354 e. The highest BCUT2D eigenvalue weighted by Crippen LogP contribution is 2.33. The Labute approximate surface area is 109 Å². The van der Waals surface area contributed by atoms with E-state index < -0.39 is 5.97 Å². The van der Waals surface area contributed by atoms with Crippen molar-refractivity contribution in [1.82, 2.24) is 4.98 Å². The van der Waals surface area contributed by atoms with Crippen molar-refractivity contribution < 1.29 is 19.4 Å². The number of ether oxygens (including phenoxy) is 2. The van der Waals surface area contributed by atoms with E-state index >= 15 is 0 Å². The number of aromatic carboxylic acids is 1. The summed E-state index contributed by atoms with van der Waals surface area (Å²) >= 11 is 0. The number of carboxylic acids is 1. The topological polar surface area (TPSA) is 68.7 Å². The molecule has 3 rings (SSSR count). The zero-order chi connectivity index (χ0) is 13.2. The minimum absolute atomic E-state index is 0.0207. The van der Waals surface area contributed by atoms with Gasteiger partial charge in [0, 0.05) is 5.56 Å². The van der Waals surface area contributed by atoms with Crippen molar-refractivity contribution in [3.8, 4) is 22.8 Å². The van der Waals surface area contributed by atoms with Gasteiger partial charge in [-0.25, -0.2) is 9.78 Å². The van der Waals surface area contributed by atoms with E-state index in [0.29, 0.717) is 30.4 Å². The Morgan fingerprint density at radius 3 is 2.68 bits per heavy atom. The molecule has 1 N–H and O–H groups in total. The van der Waals surface area contributed by atoms with Crippen LogP contribution >= 0.6 is 0 Å². The largest absolute Gasteiger partial charge is 0.486 e. The van der Waals surface area contributed by atoms with Gasteiger partial charge in [0.15, 0.2) is 11.5 Å². The van der Waals surface area contributed by atoms with Gasteiger partial charge in [0.1, 0.15) is 18.9 Å². The zero-order valence-electron chi connectivity index (χ0n) is 10.00. The van der Waals surface area contributed by atoms with E-state index in [-0.39, 0.29) is 5.69 Å². The third-order valence-corrected chi connectivity index (χ3v) is 2.81. The van der Waals surface area contributed by atoms with Crippen molar-refractivity contribution in [2.24, 2.45) is 0 Å². The van der Waals surface area contributed by atoms with Gasteiger partial charge in [-0.1, -0.05) is 6.07 Å². The minimum atomic E-state index is -1.04. The lowest BCUT2D eigenvalue weighted by atomic mass is 10.1. The van der Waals surface area contributed by atoms with Gasteiger partial charge in [0.05, 0.1) is 5.69 Å². The standard InChI is InChI=1S/C14H11NO4/c16-14(17)11-3-1-2-10(15-11)9-4-5-12-13(8-9)19-7-6-18-12/h1-5,8H,6-7H2,(H,16,17). The monoisotopic (exact) mass is 257 g/mol. The Morgan fingerprint density at radius 2 is 1.89 bits per heavy atom. The smallest absolute Gasteiger partial charge is 0.354 e. The van der Waals surface area contributed by atoms with E-state index in [1.807, 2.05) is 12.1 Å². The summed E-state index contributed by atoms with van der Waals surface area (Å²) < 4.78 is 10.9. The van der Waals surface area contributed by atoms with Crippen LogP contribution in [0.15, 0.2) is 36.4 Å². The molecule has 5 nitrogen and oxygen atoms in total. The van der Waals surface area contributed by atoms with E-state index in [2.05, 4.69) is 4.98 Å². The molecule has 1 aromatic carbocycles. The Hall–Kier alpha value is -2.56. The molecule has 19 heavy (non-hydrogen) atoms. The number of aromatic nitrogens is 1. The van der Waals surface area contributed by atoms with Crippen LogP contribution < -0.4 is 9.47 Å². The van der Waals surface area contributed by atoms with Crippen molar-refractivity contribution in [1.29, 1.82) is 0 Å². The van der Waals surface area contributed by atoms with Crippen molar-refractivity contribution in [3.63, 3.8) is 0 Å². The molecule has 2 aromatic rings. The number of benzene rings is 1. The molecule has 0 saturated carbocycles. The molecule has 96 valence electrons. The van der Waals surface area contributed by atoms with E-state index in [1.54, 1.807) is 18.2 Å². The van der Waals surface area contributed by atoms with E-state index in [0.717, 1.165) is 5.56 Å². The molecule has 1 aliphatic heterocycles. The summed E-state index contributed by atoms with van der Waals surface area (Å²) in [5.74, 6) is 0.315. The normalized spacial score (nSPS) is 13.1. The molecule has 5 heteroatoms. The highest BCUT2D eigenvalue weighted by atomic mass is 16.6. The molecule has 0 radical (unpaired) electrons. The number of nitrogens with zero attached hydrogens (tertiary/aromatic N) is 1. The summed E-state index contributed by atoms with van der Waals surface area (Å²) in [6.07, 6.45) is 0. The molecule has 0 bridgehead atoms. The number of carbonyl (C=O) groups is 1. The fourth-order valence-corrected chi connectivity index (χ4v) is 1.92.